The molecule has 90 valence electrons. The maximum absolute atomic E-state index is 11.5. The highest BCUT2D eigenvalue weighted by Crippen LogP contribution is 2.31. The minimum Gasteiger partial charge on any atom is -0.619 e. The summed E-state index contributed by atoms with van der Waals surface area (Å²) in [5, 5.41) is 22.7. The Balaban J connectivity index is 2.83. The van der Waals surface area contributed by atoms with Crippen molar-refractivity contribution in [1.29, 1.82) is 0 Å². The van der Waals surface area contributed by atoms with Crippen LogP contribution >= 0.6 is 0 Å². The van der Waals surface area contributed by atoms with Crippen molar-refractivity contribution < 1.29 is 4.73 Å². The van der Waals surface area contributed by atoms with Gasteiger partial charge in [0.15, 0.2) is 6.20 Å². The predicted molar refractivity (Wildman–Crippen MR) is 71.5 cm³/mol. The van der Waals surface area contributed by atoms with Crippen LogP contribution in [0.25, 0.3) is 10.8 Å². The van der Waals surface area contributed by atoms with Crippen LogP contribution in [0.5, 0.6) is 0 Å². The normalized spacial score (nSPS) is 10.3. The molecule has 0 aliphatic heterocycles. The molecule has 0 aliphatic rings. The lowest BCUT2D eigenvalue weighted by molar-refractivity contribution is -0.603. The molecule has 1 aromatic heterocycles. The second-order valence-electron chi connectivity index (χ2n) is 3.77. The fourth-order valence-electron chi connectivity index (χ4n) is 1.93. The van der Waals surface area contributed by atoms with Gasteiger partial charge < -0.3 is 21.2 Å². The molecule has 2 aromatic rings. The minimum atomic E-state index is 0.811. The van der Waals surface area contributed by atoms with Crippen molar-refractivity contribution in [1.82, 2.24) is 0 Å². The molecule has 2 rings (SSSR count). The Morgan fingerprint density at radius 1 is 0.882 bits per heavy atom. The molecule has 0 fully saturated rings. The van der Waals surface area contributed by atoms with Crippen molar-refractivity contribution in [2.24, 2.45) is 0 Å². The summed E-state index contributed by atoms with van der Waals surface area (Å²) in [5.74, 6) is 0. The van der Waals surface area contributed by atoms with Gasteiger partial charge in [-0.05, 0) is 12.1 Å². The first-order chi connectivity index (χ1) is 8.19. The van der Waals surface area contributed by atoms with Crippen molar-refractivity contribution in [3.63, 3.8) is 0 Å². The summed E-state index contributed by atoms with van der Waals surface area (Å²) >= 11 is 0. The summed E-state index contributed by atoms with van der Waals surface area (Å²) in [7, 11) is 5.52. The maximum Gasteiger partial charge on any atom is 0.204 e. The van der Waals surface area contributed by atoms with Crippen LogP contribution in [0.4, 0.5) is 17.1 Å². The fourth-order valence-corrected chi connectivity index (χ4v) is 1.93. The number of hydrogen-bond acceptors (Lipinski definition) is 4. The third kappa shape index (κ3) is 1.91. The smallest absolute Gasteiger partial charge is 0.204 e. The summed E-state index contributed by atoms with van der Waals surface area (Å²) in [6.45, 7) is 0. The van der Waals surface area contributed by atoms with Crippen LogP contribution < -0.4 is 20.7 Å². The first-order valence-electron chi connectivity index (χ1n) is 5.43. The first-order valence-corrected chi connectivity index (χ1v) is 5.43. The summed E-state index contributed by atoms with van der Waals surface area (Å²) in [6, 6.07) is 3.99. The van der Waals surface area contributed by atoms with Crippen LogP contribution in [-0.2, 0) is 0 Å². The van der Waals surface area contributed by atoms with E-state index in [0.717, 1.165) is 32.6 Å². The Morgan fingerprint density at radius 2 is 1.59 bits per heavy atom. The number of hydrogen-bond donors (Lipinski definition) is 3. The van der Waals surface area contributed by atoms with E-state index in [1.165, 1.54) is 6.20 Å². The third-order valence-corrected chi connectivity index (χ3v) is 2.81. The third-order valence-electron chi connectivity index (χ3n) is 2.81. The number of fused-ring (bicyclic) bond motifs is 1. The van der Waals surface area contributed by atoms with E-state index in [-0.39, 0.29) is 0 Å². The van der Waals surface area contributed by atoms with E-state index in [2.05, 4.69) is 16.0 Å². The van der Waals surface area contributed by atoms with Gasteiger partial charge in [-0.1, -0.05) is 0 Å². The molecule has 5 heteroatoms. The summed E-state index contributed by atoms with van der Waals surface area (Å²) in [6.07, 6.45) is 3.10. The molecule has 1 aromatic carbocycles. The largest absolute Gasteiger partial charge is 0.619 e. The molecule has 0 radical (unpaired) electrons. The van der Waals surface area contributed by atoms with Crippen LogP contribution in [0.1, 0.15) is 0 Å². The Hall–Kier alpha value is -2.17. The number of pyridine rings is 1. The van der Waals surface area contributed by atoms with Crippen molar-refractivity contribution in [3.05, 3.63) is 29.7 Å². The quantitative estimate of drug-likeness (QED) is 0.555. The van der Waals surface area contributed by atoms with Gasteiger partial charge in [0, 0.05) is 37.9 Å². The molecule has 0 saturated heterocycles. The van der Waals surface area contributed by atoms with E-state index < -0.39 is 0 Å². The molecular weight excluding hydrogens is 216 g/mol. The molecule has 17 heavy (non-hydrogen) atoms. The highest BCUT2D eigenvalue weighted by molar-refractivity contribution is 6.02. The molecular formula is C12H16N4O. The van der Waals surface area contributed by atoms with Crippen LogP contribution in [0.3, 0.4) is 0 Å². The molecule has 0 amide bonds. The van der Waals surface area contributed by atoms with Gasteiger partial charge in [0.05, 0.1) is 5.39 Å². The molecule has 3 N–H and O–H groups in total. The summed E-state index contributed by atoms with van der Waals surface area (Å²) in [5.41, 5.74) is 2.74. The SMILES string of the molecule is CNc1cc(NC)c2c[n+]([O-])cc(NC)c2c1. The monoisotopic (exact) mass is 232 g/mol. The Bertz CT molecular complexity index is 554. The van der Waals surface area contributed by atoms with E-state index in [4.69, 9.17) is 0 Å². The van der Waals surface area contributed by atoms with Crippen molar-refractivity contribution in [3.8, 4) is 0 Å². The zero-order valence-electron chi connectivity index (χ0n) is 10.2. The zero-order valence-corrected chi connectivity index (χ0v) is 10.2. The summed E-state index contributed by atoms with van der Waals surface area (Å²) in [4.78, 5) is 0. The van der Waals surface area contributed by atoms with Gasteiger partial charge in [0.2, 0.25) is 6.20 Å². The molecule has 5 nitrogen and oxygen atoms in total. The summed E-state index contributed by atoms with van der Waals surface area (Å²) < 4.78 is 0.814. The molecule has 0 saturated carbocycles. The van der Waals surface area contributed by atoms with E-state index in [1.54, 1.807) is 13.2 Å². The topological polar surface area (TPSA) is 63.0 Å². The lowest BCUT2D eigenvalue weighted by Crippen LogP contribution is -2.25. The van der Waals surface area contributed by atoms with E-state index in [1.807, 2.05) is 26.2 Å². The van der Waals surface area contributed by atoms with E-state index in [9.17, 15) is 5.21 Å². The van der Waals surface area contributed by atoms with Crippen molar-refractivity contribution in [2.75, 3.05) is 37.1 Å². The number of aromatic nitrogens is 1. The van der Waals surface area contributed by atoms with E-state index >= 15 is 0 Å². The van der Waals surface area contributed by atoms with Gasteiger partial charge in [-0.3, -0.25) is 0 Å². The molecule has 0 unspecified atom stereocenters. The Morgan fingerprint density at radius 3 is 2.18 bits per heavy atom. The second kappa shape index (κ2) is 4.37. The van der Waals surface area contributed by atoms with Gasteiger partial charge in [0.25, 0.3) is 0 Å². The number of anilines is 3. The molecule has 0 bridgehead atoms. The Labute approximate surface area is 100 Å². The minimum absolute atomic E-state index is 0.811. The van der Waals surface area contributed by atoms with Gasteiger partial charge in [-0.25, -0.2) is 0 Å². The lowest BCUT2D eigenvalue weighted by atomic mass is 10.1. The average molecular weight is 232 g/mol. The highest BCUT2D eigenvalue weighted by atomic mass is 16.5. The fraction of sp³-hybridized carbons (Fsp3) is 0.250. The lowest BCUT2D eigenvalue weighted by Gasteiger charge is -2.12. The van der Waals surface area contributed by atoms with Crippen LogP contribution in [0.15, 0.2) is 24.5 Å². The highest BCUT2D eigenvalue weighted by Gasteiger charge is 2.10. The van der Waals surface area contributed by atoms with Gasteiger partial charge >= 0.3 is 0 Å². The van der Waals surface area contributed by atoms with Crippen LogP contribution in [0.2, 0.25) is 0 Å². The second-order valence-corrected chi connectivity index (χ2v) is 3.77. The van der Waals surface area contributed by atoms with Crippen molar-refractivity contribution >= 4 is 27.8 Å². The molecule has 1 heterocycles. The van der Waals surface area contributed by atoms with Gasteiger partial charge in [-0.2, -0.15) is 4.73 Å². The zero-order chi connectivity index (χ0) is 12.4. The Kier molecular flexibility index (Phi) is 2.91. The number of nitrogens with zero attached hydrogens (tertiary/aromatic N) is 1. The first kappa shape index (κ1) is 11.3. The standard InChI is InChI=1S/C12H16N4O/c1-13-8-4-9-10(11(5-8)14-2)6-16(17)7-12(9)15-3/h4-7,13-15H,1-3H3. The number of rotatable bonds is 3. The molecule has 0 spiro atoms. The maximum atomic E-state index is 11.5. The van der Waals surface area contributed by atoms with Gasteiger partial charge in [-0.15, -0.1) is 0 Å². The predicted octanol–water partition coefficient (Wildman–Crippen LogP) is 1.60. The molecule has 0 aliphatic carbocycles. The number of nitrogens with one attached hydrogen (secondary N) is 3. The molecule has 0 atom stereocenters. The van der Waals surface area contributed by atoms with Gasteiger partial charge in [0.1, 0.15) is 5.69 Å². The van der Waals surface area contributed by atoms with Crippen molar-refractivity contribution in [2.45, 2.75) is 0 Å². The number of benzene rings is 1. The van der Waals surface area contributed by atoms with E-state index in [0.29, 0.717) is 0 Å². The van der Waals surface area contributed by atoms with Crippen LogP contribution in [-0.4, -0.2) is 21.1 Å². The average Bonchev–Trinajstić information content (AvgIpc) is 2.36. The van der Waals surface area contributed by atoms with Crippen LogP contribution in [0, 0.1) is 5.21 Å².